The number of hydrogen-bond donors (Lipinski definition) is 1. The van der Waals surface area contributed by atoms with E-state index in [4.69, 9.17) is 21.4 Å². The second kappa shape index (κ2) is 7.13. The third-order valence-electron chi connectivity index (χ3n) is 4.01. The first-order valence-corrected chi connectivity index (χ1v) is 7.92. The Kier molecular flexibility index (Phi) is 4.96. The van der Waals surface area contributed by atoms with Gasteiger partial charge in [-0.2, -0.15) is 0 Å². The molecule has 0 aromatic heterocycles. The number of morpholine rings is 1. The van der Waals surface area contributed by atoms with E-state index in [1.807, 2.05) is 36.4 Å². The van der Waals surface area contributed by atoms with Gasteiger partial charge in [-0.1, -0.05) is 41.9 Å². The predicted molar refractivity (Wildman–Crippen MR) is 88.8 cm³/mol. The van der Waals surface area contributed by atoms with Crippen LogP contribution in [0.25, 0.3) is 0 Å². The zero-order valence-electron chi connectivity index (χ0n) is 12.6. The maximum atomic E-state index is 10.9. The van der Waals surface area contributed by atoms with Crippen LogP contribution >= 0.6 is 11.6 Å². The standard InChI is InChI=1S/C18H18ClNO3/c19-16-4-2-1-3-15(16)17-12-20(9-10-23-17)11-13-5-7-14(8-6-13)18(21)22/h1-8,17H,9-12H2,(H,21,22). The molecule has 120 valence electrons. The third-order valence-corrected chi connectivity index (χ3v) is 4.35. The molecule has 1 fully saturated rings. The highest BCUT2D eigenvalue weighted by Crippen LogP contribution is 2.28. The van der Waals surface area contributed by atoms with E-state index in [0.29, 0.717) is 12.2 Å². The lowest BCUT2D eigenvalue weighted by atomic mass is 10.1. The van der Waals surface area contributed by atoms with Gasteiger partial charge in [0.2, 0.25) is 0 Å². The molecule has 2 aromatic rings. The summed E-state index contributed by atoms with van der Waals surface area (Å²) in [5, 5.41) is 9.67. The van der Waals surface area contributed by atoms with E-state index in [1.54, 1.807) is 12.1 Å². The van der Waals surface area contributed by atoms with Gasteiger partial charge in [0.25, 0.3) is 0 Å². The van der Waals surface area contributed by atoms with Crippen LogP contribution in [0, 0.1) is 0 Å². The molecule has 1 saturated heterocycles. The van der Waals surface area contributed by atoms with Crippen molar-refractivity contribution in [2.24, 2.45) is 0 Å². The zero-order chi connectivity index (χ0) is 16.2. The molecule has 1 aliphatic heterocycles. The number of rotatable bonds is 4. The van der Waals surface area contributed by atoms with E-state index in [0.717, 1.165) is 35.8 Å². The number of aromatic carboxylic acids is 1. The van der Waals surface area contributed by atoms with Crippen molar-refractivity contribution >= 4 is 17.6 Å². The van der Waals surface area contributed by atoms with Crippen LogP contribution in [-0.4, -0.2) is 35.7 Å². The lowest BCUT2D eigenvalue weighted by Crippen LogP contribution is -2.37. The molecule has 1 unspecified atom stereocenters. The van der Waals surface area contributed by atoms with Crippen molar-refractivity contribution in [3.63, 3.8) is 0 Å². The SMILES string of the molecule is O=C(O)c1ccc(CN2CCOC(c3ccccc3Cl)C2)cc1. The maximum absolute atomic E-state index is 10.9. The Bertz CT molecular complexity index is 687. The van der Waals surface area contributed by atoms with Gasteiger partial charge in [-0.15, -0.1) is 0 Å². The molecule has 2 aromatic carbocycles. The Hall–Kier alpha value is -1.88. The molecule has 3 rings (SSSR count). The summed E-state index contributed by atoms with van der Waals surface area (Å²) in [6.07, 6.45) is -0.0317. The second-order valence-electron chi connectivity index (χ2n) is 5.62. The third kappa shape index (κ3) is 3.91. The van der Waals surface area contributed by atoms with Gasteiger partial charge in [-0.05, 0) is 23.8 Å². The molecule has 1 heterocycles. The van der Waals surface area contributed by atoms with Crippen LogP contribution in [0.1, 0.15) is 27.6 Å². The van der Waals surface area contributed by atoms with E-state index in [-0.39, 0.29) is 6.10 Å². The van der Waals surface area contributed by atoms with Crippen molar-refractivity contribution in [3.8, 4) is 0 Å². The number of hydrogen-bond acceptors (Lipinski definition) is 3. The Morgan fingerprint density at radius 2 is 1.96 bits per heavy atom. The molecular weight excluding hydrogens is 314 g/mol. The molecule has 0 spiro atoms. The first-order valence-electron chi connectivity index (χ1n) is 7.54. The zero-order valence-corrected chi connectivity index (χ0v) is 13.4. The Morgan fingerprint density at radius 3 is 2.65 bits per heavy atom. The van der Waals surface area contributed by atoms with Gasteiger partial charge in [0, 0.05) is 30.2 Å². The van der Waals surface area contributed by atoms with Gasteiger partial charge in [0.1, 0.15) is 0 Å². The molecule has 23 heavy (non-hydrogen) atoms. The van der Waals surface area contributed by atoms with Crippen molar-refractivity contribution in [3.05, 3.63) is 70.2 Å². The number of carboxylic acids is 1. The van der Waals surface area contributed by atoms with Crippen molar-refractivity contribution in [2.75, 3.05) is 19.7 Å². The molecule has 5 heteroatoms. The minimum atomic E-state index is -0.901. The van der Waals surface area contributed by atoms with Crippen LogP contribution in [-0.2, 0) is 11.3 Å². The van der Waals surface area contributed by atoms with E-state index in [2.05, 4.69) is 4.90 Å². The molecule has 4 nitrogen and oxygen atoms in total. The van der Waals surface area contributed by atoms with Crippen molar-refractivity contribution in [1.29, 1.82) is 0 Å². The summed E-state index contributed by atoms with van der Waals surface area (Å²) < 4.78 is 5.86. The van der Waals surface area contributed by atoms with Crippen molar-refractivity contribution in [2.45, 2.75) is 12.6 Å². The number of carboxylic acid groups (broad SMARTS) is 1. The molecular formula is C18H18ClNO3. The summed E-state index contributed by atoms with van der Waals surface area (Å²) in [5.41, 5.74) is 2.42. The average molecular weight is 332 g/mol. The molecule has 0 saturated carbocycles. The highest BCUT2D eigenvalue weighted by molar-refractivity contribution is 6.31. The summed E-state index contributed by atoms with van der Waals surface area (Å²) in [5.74, 6) is -0.901. The predicted octanol–water partition coefficient (Wildman–Crippen LogP) is 3.61. The van der Waals surface area contributed by atoms with Crippen LogP contribution in [0.3, 0.4) is 0 Å². The minimum Gasteiger partial charge on any atom is -0.478 e. The average Bonchev–Trinajstić information content (AvgIpc) is 2.56. The van der Waals surface area contributed by atoms with Gasteiger partial charge in [0.05, 0.1) is 18.3 Å². The highest BCUT2D eigenvalue weighted by Gasteiger charge is 2.23. The fourth-order valence-electron chi connectivity index (χ4n) is 2.78. The van der Waals surface area contributed by atoms with E-state index in [9.17, 15) is 4.79 Å². The monoisotopic (exact) mass is 331 g/mol. The summed E-state index contributed by atoms with van der Waals surface area (Å²) in [7, 11) is 0. The Labute approximate surface area is 140 Å². The quantitative estimate of drug-likeness (QED) is 0.929. The lowest BCUT2D eigenvalue weighted by Gasteiger charge is -2.33. The number of halogens is 1. The molecule has 0 radical (unpaired) electrons. The molecule has 0 amide bonds. The molecule has 1 atom stereocenters. The minimum absolute atomic E-state index is 0.0317. The first-order chi connectivity index (χ1) is 11.1. The van der Waals surface area contributed by atoms with Gasteiger partial charge in [0.15, 0.2) is 0 Å². The molecule has 1 N–H and O–H groups in total. The van der Waals surface area contributed by atoms with Gasteiger partial charge in [-0.3, -0.25) is 4.90 Å². The van der Waals surface area contributed by atoms with Crippen LogP contribution in [0.5, 0.6) is 0 Å². The fourth-order valence-corrected chi connectivity index (χ4v) is 3.04. The smallest absolute Gasteiger partial charge is 0.335 e. The summed E-state index contributed by atoms with van der Waals surface area (Å²) >= 11 is 6.26. The van der Waals surface area contributed by atoms with E-state index >= 15 is 0 Å². The summed E-state index contributed by atoms with van der Waals surface area (Å²) in [4.78, 5) is 13.2. The Balaban J connectivity index is 1.67. The van der Waals surface area contributed by atoms with Crippen molar-refractivity contribution < 1.29 is 14.6 Å². The van der Waals surface area contributed by atoms with E-state index < -0.39 is 5.97 Å². The summed E-state index contributed by atoms with van der Waals surface area (Å²) in [6.45, 7) is 3.04. The summed E-state index contributed by atoms with van der Waals surface area (Å²) in [6, 6.07) is 14.8. The topological polar surface area (TPSA) is 49.8 Å². The number of benzene rings is 2. The van der Waals surface area contributed by atoms with Crippen LogP contribution in [0.15, 0.2) is 48.5 Å². The number of ether oxygens (including phenoxy) is 1. The first kappa shape index (κ1) is 16.0. The lowest BCUT2D eigenvalue weighted by molar-refractivity contribution is -0.0328. The number of carbonyl (C=O) groups is 1. The number of nitrogens with zero attached hydrogens (tertiary/aromatic N) is 1. The van der Waals surface area contributed by atoms with Crippen LogP contribution < -0.4 is 0 Å². The molecule has 0 bridgehead atoms. The fraction of sp³-hybridized carbons (Fsp3) is 0.278. The molecule has 1 aliphatic rings. The second-order valence-corrected chi connectivity index (χ2v) is 6.03. The van der Waals surface area contributed by atoms with Crippen LogP contribution in [0.4, 0.5) is 0 Å². The largest absolute Gasteiger partial charge is 0.478 e. The van der Waals surface area contributed by atoms with Gasteiger partial charge in [-0.25, -0.2) is 4.79 Å². The normalized spacial score (nSPS) is 18.7. The molecule has 0 aliphatic carbocycles. The highest BCUT2D eigenvalue weighted by atomic mass is 35.5. The van der Waals surface area contributed by atoms with Gasteiger partial charge >= 0.3 is 5.97 Å². The van der Waals surface area contributed by atoms with Crippen molar-refractivity contribution in [1.82, 2.24) is 4.90 Å². The maximum Gasteiger partial charge on any atom is 0.335 e. The van der Waals surface area contributed by atoms with E-state index in [1.165, 1.54) is 0 Å². The van der Waals surface area contributed by atoms with Crippen LogP contribution in [0.2, 0.25) is 5.02 Å². The Morgan fingerprint density at radius 1 is 1.22 bits per heavy atom. The van der Waals surface area contributed by atoms with Gasteiger partial charge < -0.3 is 9.84 Å².